The van der Waals surface area contributed by atoms with Gasteiger partial charge in [-0.25, -0.2) is 4.79 Å². The van der Waals surface area contributed by atoms with Gasteiger partial charge in [0.25, 0.3) is 0 Å². The molecule has 0 aromatic carbocycles. The number of amides is 1. The molecule has 0 aliphatic carbocycles. The molecule has 1 aliphatic rings. The van der Waals surface area contributed by atoms with Crippen LogP contribution in [0, 0.1) is 5.92 Å². The molecule has 0 bridgehead atoms. The van der Waals surface area contributed by atoms with Gasteiger partial charge in [-0.2, -0.15) is 5.10 Å². The summed E-state index contributed by atoms with van der Waals surface area (Å²) in [5.74, 6) is 0.611. The van der Waals surface area contributed by atoms with E-state index in [1.54, 1.807) is 0 Å². The standard InChI is InChI=1S/C18H32N4O2/c1-14-9-15(7-8-22(14)17(23)24-18(2,3)4)11-20(5)12-16-10-19-21(6)13-16/h10,13-15H,7-9,11-12H2,1-6H3. The summed E-state index contributed by atoms with van der Waals surface area (Å²) < 4.78 is 7.35. The number of likely N-dealkylation sites (tertiary alicyclic amines) is 1. The first-order valence-corrected chi connectivity index (χ1v) is 8.79. The van der Waals surface area contributed by atoms with Gasteiger partial charge in [0.1, 0.15) is 5.60 Å². The van der Waals surface area contributed by atoms with Gasteiger partial charge in [0.15, 0.2) is 0 Å². The fourth-order valence-electron chi connectivity index (χ4n) is 3.40. The second-order valence-electron chi connectivity index (χ2n) is 8.13. The van der Waals surface area contributed by atoms with E-state index in [4.69, 9.17) is 4.74 Å². The summed E-state index contributed by atoms with van der Waals surface area (Å²) in [5, 5.41) is 4.22. The molecule has 136 valence electrons. The van der Waals surface area contributed by atoms with Crippen LogP contribution in [0.5, 0.6) is 0 Å². The van der Waals surface area contributed by atoms with Crippen molar-refractivity contribution in [3.63, 3.8) is 0 Å². The van der Waals surface area contributed by atoms with Crippen LogP contribution in [0.2, 0.25) is 0 Å². The van der Waals surface area contributed by atoms with Crippen LogP contribution in [-0.2, 0) is 18.3 Å². The lowest BCUT2D eigenvalue weighted by Gasteiger charge is -2.39. The summed E-state index contributed by atoms with van der Waals surface area (Å²) in [5.41, 5.74) is 0.802. The maximum Gasteiger partial charge on any atom is 0.410 e. The van der Waals surface area contributed by atoms with Crippen molar-refractivity contribution in [3.8, 4) is 0 Å². The van der Waals surface area contributed by atoms with E-state index in [2.05, 4.69) is 30.2 Å². The third kappa shape index (κ3) is 5.51. The smallest absolute Gasteiger partial charge is 0.410 e. The topological polar surface area (TPSA) is 50.6 Å². The van der Waals surface area contributed by atoms with Gasteiger partial charge in [0.05, 0.1) is 6.20 Å². The molecule has 1 saturated heterocycles. The maximum atomic E-state index is 12.3. The van der Waals surface area contributed by atoms with Gasteiger partial charge in [-0.3, -0.25) is 4.68 Å². The molecule has 0 N–H and O–H groups in total. The summed E-state index contributed by atoms with van der Waals surface area (Å²) in [6.45, 7) is 10.6. The predicted octanol–water partition coefficient (Wildman–Crippen LogP) is 2.89. The highest BCUT2D eigenvalue weighted by Crippen LogP contribution is 2.25. The summed E-state index contributed by atoms with van der Waals surface area (Å²) >= 11 is 0. The van der Waals surface area contributed by atoms with Gasteiger partial charge in [0, 0.05) is 44.5 Å². The molecule has 0 saturated carbocycles. The molecule has 1 aromatic heterocycles. The normalized spacial score (nSPS) is 22.0. The number of aryl methyl sites for hydroxylation is 1. The van der Waals surface area contributed by atoms with Crippen molar-refractivity contribution in [2.75, 3.05) is 20.1 Å². The summed E-state index contributed by atoms with van der Waals surface area (Å²) in [6.07, 6.45) is 5.85. The van der Waals surface area contributed by atoms with E-state index in [9.17, 15) is 4.79 Å². The SMILES string of the molecule is CC1CC(CN(C)Cc2cnn(C)c2)CCN1C(=O)OC(C)(C)C. The second-order valence-corrected chi connectivity index (χ2v) is 8.13. The van der Waals surface area contributed by atoms with Crippen LogP contribution >= 0.6 is 0 Å². The molecule has 6 nitrogen and oxygen atoms in total. The zero-order valence-electron chi connectivity index (χ0n) is 16.0. The number of carbonyl (C=O) groups excluding carboxylic acids is 1. The Kier molecular flexibility index (Phi) is 5.91. The Morgan fingerprint density at radius 2 is 2.17 bits per heavy atom. The lowest BCUT2D eigenvalue weighted by Crippen LogP contribution is -2.48. The highest BCUT2D eigenvalue weighted by atomic mass is 16.6. The van der Waals surface area contributed by atoms with Crippen molar-refractivity contribution in [2.45, 2.75) is 58.7 Å². The number of aromatic nitrogens is 2. The second kappa shape index (κ2) is 7.55. The molecule has 2 heterocycles. The van der Waals surface area contributed by atoms with Crippen molar-refractivity contribution in [3.05, 3.63) is 18.0 Å². The molecule has 24 heavy (non-hydrogen) atoms. The fourth-order valence-corrected chi connectivity index (χ4v) is 3.40. The zero-order valence-corrected chi connectivity index (χ0v) is 16.0. The van der Waals surface area contributed by atoms with E-state index in [1.165, 1.54) is 5.56 Å². The molecule has 2 atom stereocenters. The Hall–Kier alpha value is -1.56. The lowest BCUT2D eigenvalue weighted by atomic mass is 9.91. The quantitative estimate of drug-likeness (QED) is 0.848. The van der Waals surface area contributed by atoms with Crippen LogP contribution in [0.15, 0.2) is 12.4 Å². The van der Waals surface area contributed by atoms with E-state index in [0.717, 1.165) is 32.5 Å². The summed E-state index contributed by atoms with van der Waals surface area (Å²) in [6, 6.07) is 0.227. The van der Waals surface area contributed by atoms with E-state index >= 15 is 0 Å². The minimum atomic E-state index is -0.433. The monoisotopic (exact) mass is 336 g/mol. The van der Waals surface area contributed by atoms with Crippen LogP contribution in [-0.4, -0.2) is 57.5 Å². The van der Waals surface area contributed by atoms with Crippen molar-refractivity contribution >= 4 is 6.09 Å². The Bertz CT molecular complexity index is 549. The maximum absolute atomic E-state index is 12.3. The Morgan fingerprint density at radius 1 is 1.46 bits per heavy atom. The van der Waals surface area contributed by atoms with E-state index in [0.29, 0.717) is 5.92 Å². The van der Waals surface area contributed by atoms with Gasteiger partial charge in [-0.05, 0) is 53.5 Å². The molecular weight excluding hydrogens is 304 g/mol. The van der Waals surface area contributed by atoms with Gasteiger partial charge >= 0.3 is 6.09 Å². The van der Waals surface area contributed by atoms with E-state index < -0.39 is 5.60 Å². The average molecular weight is 336 g/mol. The summed E-state index contributed by atoms with van der Waals surface area (Å²) in [7, 11) is 4.09. The Morgan fingerprint density at radius 3 is 2.71 bits per heavy atom. The molecule has 1 fully saturated rings. The molecule has 1 aromatic rings. The van der Waals surface area contributed by atoms with E-state index in [-0.39, 0.29) is 12.1 Å². The van der Waals surface area contributed by atoms with Crippen molar-refractivity contribution in [1.29, 1.82) is 0 Å². The minimum Gasteiger partial charge on any atom is -0.444 e. The molecule has 1 aliphatic heterocycles. The molecule has 0 radical (unpaired) electrons. The molecule has 0 spiro atoms. The summed E-state index contributed by atoms with van der Waals surface area (Å²) in [4.78, 5) is 16.5. The molecule has 2 rings (SSSR count). The Labute approximate surface area is 145 Å². The highest BCUT2D eigenvalue weighted by molar-refractivity contribution is 5.68. The first kappa shape index (κ1) is 18.8. The number of piperidine rings is 1. The number of hydrogen-bond acceptors (Lipinski definition) is 4. The number of nitrogens with zero attached hydrogens (tertiary/aromatic N) is 4. The minimum absolute atomic E-state index is 0.183. The van der Waals surface area contributed by atoms with Crippen LogP contribution < -0.4 is 0 Å². The average Bonchev–Trinajstić information content (AvgIpc) is 2.81. The molecular formula is C18H32N4O2. The number of hydrogen-bond donors (Lipinski definition) is 0. The van der Waals surface area contributed by atoms with E-state index in [1.807, 2.05) is 43.6 Å². The van der Waals surface area contributed by atoms with Crippen LogP contribution in [0.25, 0.3) is 0 Å². The third-order valence-corrected chi connectivity index (χ3v) is 4.39. The number of ether oxygens (including phenoxy) is 1. The first-order chi connectivity index (χ1) is 11.1. The predicted molar refractivity (Wildman–Crippen MR) is 94.7 cm³/mol. The largest absolute Gasteiger partial charge is 0.444 e. The number of rotatable bonds is 4. The first-order valence-electron chi connectivity index (χ1n) is 8.79. The van der Waals surface area contributed by atoms with Crippen molar-refractivity contribution < 1.29 is 9.53 Å². The van der Waals surface area contributed by atoms with Crippen molar-refractivity contribution in [1.82, 2.24) is 19.6 Å². The molecule has 2 unspecified atom stereocenters. The zero-order chi connectivity index (χ0) is 17.9. The van der Waals surface area contributed by atoms with Gasteiger partial charge in [-0.15, -0.1) is 0 Å². The van der Waals surface area contributed by atoms with Gasteiger partial charge in [-0.1, -0.05) is 0 Å². The van der Waals surface area contributed by atoms with Crippen LogP contribution in [0.3, 0.4) is 0 Å². The molecule has 1 amide bonds. The number of carbonyl (C=O) groups is 1. The Balaban J connectivity index is 1.81. The van der Waals surface area contributed by atoms with Crippen LogP contribution in [0.4, 0.5) is 4.79 Å². The highest BCUT2D eigenvalue weighted by Gasteiger charge is 2.32. The molecule has 6 heteroatoms. The lowest BCUT2D eigenvalue weighted by molar-refractivity contribution is 0.00546. The van der Waals surface area contributed by atoms with Gasteiger partial charge < -0.3 is 14.5 Å². The van der Waals surface area contributed by atoms with Crippen LogP contribution in [0.1, 0.15) is 46.1 Å². The van der Waals surface area contributed by atoms with Gasteiger partial charge in [0.2, 0.25) is 0 Å². The third-order valence-electron chi connectivity index (χ3n) is 4.39. The van der Waals surface area contributed by atoms with Crippen molar-refractivity contribution in [2.24, 2.45) is 13.0 Å². The fraction of sp³-hybridized carbons (Fsp3) is 0.778.